The molecule has 0 radical (unpaired) electrons. The molecule has 1 aromatic carbocycles. The van der Waals surface area contributed by atoms with Crippen LogP contribution in [0.25, 0.3) is 22.6 Å². The van der Waals surface area contributed by atoms with Gasteiger partial charge in [-0.05, 0) is 50.1 Å². The largest absolute Gasteiger partial charge is 0.480 e. The van der Waals surface area contributed by atoms with Crippen LogP contribution in [0.15, 0.2) is 52.2 Å². The zero-order valence-corrected chi connectivity index (χ0v) is 19.2. The predicted molar refractivity (Wildman–Crippen MR) is 126 cm³/mol. The van der Waals surface area contributed by atoms with Gasteiger partial charge in [0, 0.05) is 31.9 Å². The van der Waals surface area contributed by atoms with Crippen LogP contribution >= 0.6 is 0 Å². The van der Waals surface area contributed by atoms with Crippen LogP contribution in [0.3, 0.4) is 0 Å². The lowest BCUT2D eigenvalue weighted by Gasteiger charge is -2.15. The van der Waals surface area contributed by atoms with Crippen LogP contribution in [0, 0.1) is 5.82 Å². The molecular weight excluding hydrogens is 441 g/mol. The van der Waals surface area contributed by atoms with Crippen molar-refractivity contribution in [2.45, 2.75) is 39.4 Å². The Hall–Kier alpha value is -3.79. The third-order valence-corrected chi connectivity index (χ3v) is 5.58. The van der Waals surface area contributed by atoms with Crippen molar-refractivity contribution in [1.29, 1.82) is 0 Å². The number of aliphatic hydroxyl groups is 1. The van der Waals surface area contributed by atoms with Gasteiger partial charge in [0.15, 0.2) is 11.2 Å². The molecule has 0 saturated heterocycles. The Kier molecular flexibility index (Phi) is 6.60. The van der Waals surface area contributed by atoms with Crippen molar-refractivity contribution in [1.82, 2.24) is 23.7 Å². The number of hydrogen-bond acceptors (Lipinski definition) is 6. The fraction of sp³-hybridized carbons (Fsp3) is 0.333. The highest BCUT2D eigenvalue weighted by Crippen LogP contribution is 2.30. The number of aliphatic hydroxyl groups excluding tert-OH is 1. The molecule has 0 amide bonds. The van der Waals surface area contributed by atoms with Crippen molar-refractivity contribution >= 4 is 11.2 Å². The molecule has 0 bridgehead atoms. The van der Waals surface area contributed by atoms with Crippen LogP contribution in [0.1, 0.15) is 31.9 Å². The Morgan fingerprint density at radius 2 is 1.85 bits per heavy atom. The molecule has 0 aliphatic carbocycles. The minimum atomic E-state index is -0.505. The lowest BCUT2D eigenvalue weighted by atomic mass is 10.2. The van der Waals surface area contributed by atoms with Gasteiger partial charge in [-0.2, -0.15) is 0 Å². The van der Waals surface area contributed by atoms with Crippen LogP contribution in [0.2, 0.25) is 0 Å². The number of nitrogens with zero attached hydrogens (tertiary/aromatic N) is 5. The minimum Gasteiger partial charge on any atom is -0.480 e. The Morgan fingerprint density at radius 1 is 1.12 bits per heavy atom. The van der Waals surface area contributed by atoms with Crippen molar-refractivity contribution in [3.8, 4) is 17.3 Å². The summed E-state index contributed by atoms with van der Waals surface area (Å²) in [4.78, 5) is 35.8. The summed E-state index contributed by atoms with van der Waals surface area (Å²) in [5.74, 6) is 0.348. The summed E-state index contributed by atoms with van der Waals surface area (Å²) >= 11 is 0. The highest BCUT2D eigenvalue weighted by molar-refractivity contribution is 5.78. The average Bonchev–Trinajstić information content (AvgIpc) is 3.18. The van der Waals surface area contributed by atoms with E-state index in [0.29, 0.717) is 17.3 Å². The molecule has 4 aromatic rings. The molecule has 0 unspecified atom stereocenters. The van der Waals surface area contributed by atoms with Crippen LogP contribution < -0.4 is 16.0 Å². The summed E-state index contributed by atoms with van der Waals surface area (Å²) < 4.78 is 23.3. The number of imidazole rings is 1. The van der Waals surface area contributed by atoms with Crippen LogP contribution in [-0.4, -0.2) is 42.5 Å². The molecule has 9 nitrogen and oxygen atoms in total. The maximum absolute atomic E-state index is 13.6. The standard InChI is InChI=1S/C24H26FN5O4/c1-15(2)30-21-19(23(32)28(24(30)33)12-5-13-31)29(14-16-7-9-17(25)10-8-16)20(27-21)18-6-4-11-26-22(18)34-3/h4,6-11,15,31H,5,12-14H2,1-3H3. The Bertz CT molecular complexity index is 1440. The SMILES string of the molecule is COc1ncccc1-c1nc2c(c(=O)n(CCCO)c(=O)n2C(C)C)n1Cc1ccc(F)cc1. The molecule has 3 aromatic heterocycles. The minimum absolute atomic E-state index is 0.0735. The lowest BCUT2D eigenvalue weighted by molar-refractivity contribution is 0.277. The summed E-state index contributed by atoms with van der Waals surface area (Å²) in [6.07, 6.45) is 1.84. The number of fused-ring (bicyclic) bond motifs is 1. The molecule has 1 N–H and O–H groups in total. The number of hydrogen-bond donors (Lipinski definition) is 1. The highest BCUT2D eigenvalue weighted by atomic mass is 19.1. The number of ether oxygens (including phenoxy) is 1. The third kappa shape index (κ3) is 4.12. The monoisotopic (exact) mass is 467 g/mol. The topological polar surface area (TPSA) is 104 Å². The molecule has 178 valence electrons. The molecule has 0 saturated carbocycles. The normalized spacial score (nSPS) is 11.5. The molecule has 10 heteroatoms. The quantitative estimate of drug-likeness (QED) is 0.427. The molecule has 0 aliphatic rings. The van der Waals surface area contributed by atoms with E-state index in [2.05, 4.69) is 4.98 Å². The van der Waals surface area contributed by atoms with Gasteiger partial charge >= 0.3 is 5.69 Å². The summed E-state index contributed by atoms with van der Waals surface area (Å²) in [5, 5.41) is 9.29. The lowest BCUT2D eigenvalue weighted by Crippen LogP contribution is -2.41. The van der Waals surface area contributed by atoms with Crippen molar-refractivity contribution in [3.05, 3.63) is 74.8 Å². The first-order chi connectivity index (χ1) is 16.4. The summed E-state index contributed by atoms with van der Waals surface area (Å²) in [7, 11) is 1.49. The van der Waals surface area contributed by atoms with Gasteiger partial charge in [-0.15, -0.1) is 0 Å². The molecule has 0 atom stereocenters. The second kappa shape index (κ2) is 9.60. The van der Waals surface area contributed by atoms with E-state index in [0.717, 1.165) is 10.1 Å². The van der Waals surface area contributed by atoms with Gasteiger partial charge in [-0.1, -0.05) is 12.1 Å². The number of pyridine rings is 1. The number of aromatic nitrogens is 5. The maximum atomic E-state index is 13.6. The molecule has 3 heterocycles. The van der Waals surface area contributed by atoms with Gasteiger partial charge in [0.2, 0.25) is 5.88 Å². The predicted octanol–water partition coefficient (Wildman–Crippen LogP) is 2.58. The second-order valence-corrected chi connectivity index (χ2v) is 8.16. The van der Waals surface area contributed by atoms with Crippen molar-refractivity contribution < 1.29 is 14.2 Å². The van der Waals surface area contributed by atoms with Crippen molar-refractivity contribution in [2.75, 3.05) is 13.7 Å². The van der Waals surface area contributed by atoms with E-state index < -0.39 is 11.2 Å². The Labute approximate surface area is 194 Å². The van der Waals surface area contributed by atoms with E-state index in [9.17, 15) is 19.1 Å². The second-order valence-electron chi connectivity index (χ2n) is 8.16. The first kappa shape index (κ1) is 23.4. The fourth-order valence-corrected chi connectivity index (χ4v) is 4.00. The van der Waals surface area contributed by atoms with Crippen LogP contribution in [0.5, 0.6) is 5.88 Å². The van der Waals surface area contributed by atoms with Gasteiger partial charge in [0.25, 0.3) is 5.56 Å². The van der Waals surface area contributed by atoms with E-state index in [-0.39, 0.29) is 49.1 Å². The number of methoxy groups -OCH3 is 1. The first-order valence-corrected chi connectivity index (χ1v) is 11.0. The molecule has 4 rings (SSSR count). The molecule has 0 spiro atoms. The zero-order valence-electron chi connectivity index (χ0n) is 19.2. The number of halogens is 1. The van der Waals surface area contributed by atoms with E-state index in [1.165, 1.54) is 23.8 Å². The smallest absolute Gasteiger partial charge is 0.332 e. The van der Waals surface area contributed by atoms with Gasteiger partial charge in [-0.25, -0.2) is 19.2 Å². The van der Waals surface area contributed by atoms with E-state index >= 15 is 0 Å². The number of rotatable bonds is 8. The maximum Gasteiger partial charge on any atom is 0.332 e. The highest BCUT2D eigenvalue weighted by Gasteiger charge is 2.25. The van der Waals surface area contributed by atoms with Crippen LogP contribution in [0.4, 0.5) is 4.39 Å². The van der Waals surface area contributed by atoms with Gasteiger partial charge in [0.1, 0.15) is 11.6 Å². The van der Waals surface area contributed by atoms with Crippen molar-refractivity contribution in [2.24, 2.45) is 0 Å². The van der Waals surface area contributed by atoms with Gasteiger partial charge in [0.05, 0.1) is 12.7 Å². The molecule has 34 heavy (non-hydrogen) atoms. The molecular formula is C24H26FN5O4. The van der Waals surface area contributed by atoms with Crippen LogP contribution in [-0.2, 0) is 13.1 Å². The Morgan fingerprint density at radius 3 is 2.50 bits per heavy atom. The van der Waals surface area contributed by atoms with E-state index in [1.54, 1.807) is 35.0 Å². The van der Waals surface area contributed by atoms with Crippen molar-refractivity contribution in [3.63, 3.8) is 0 Å². The van der Waals surface area contributed by atoms with E-state index in [4.69, 9.17) is 9.72 Å². The Balaban J connectivity index is 2.10. The van der Waals surface area contributed by atoms with Gasteiger partial charge < -0.3 is 14.4 Å². The summed E-state index contributed by atoms with van der Waals surface area (Å²) in [5.41, 5.74) is 0.775. The van der Waals surface area contributed by atoms with Gasteiger partial charge in [-0.3, -0.25) is 13.9 Å². The summed E-state index contributed by atoms with van der Waals surface area (Å²) in [6, 6.07) is 9.19. The third-order valence-electron chi connectivity index (χ3n) is 5.58. The summed E-state index contributed by atoms with van der Waals surface area (Å²) in [6.45, 7) is 3.80. The number of benzene rings is 1. The van der Waals surface area contributed by atoms with E-state index in [1.807, 2.05) is 13.8 Å². The average molecular weight is 468 g/mol. The molecule has 0 fully saturated rings. The zero-order chi connectivity index (χ0) is 24.4. The first-order valence-electron chi connectivity index (χ1n) is 11.0. The molecule has 0 aliphatic heterocycles. The fourth-order valence-electron chi connectivity index (χ4n) is 4.00.